The first-order valence-electron chi connectivity index (χ1n) is 7.40. The molecular weight excluding hydrogens is 310 g/mol. The monoisotopic (exact) mass is 329 g/mol. The largest absolute Gasteiger partial charge is 0.476 e. The minimum Gasteiger partial charge on any atom is -0.476 e. The van der Waals surface area contributed by atoms with Gasteiger partial charge in [-0.15, -0.1) is 0 Å². The molecule has 6 nitrogen and oxygen atoms in total. The van der Waals surface area contributed by atoms with E-state index in [2.05, 4.69) is 5.16 Å². The van der Waals surface area contributed by atoms with Crippen LogP contribution in [0.3, 0.4) is 0 Å². The molecule has 0 aromatic heterocycles. The Bertz CT molecular complexity index is 789. The number of carboxylic acids is 1. The summed E-state index contributed by atoms with van der Waals surface area (Å²) >= 11 is 0. The Morgan fingerprint density at radius 3 is 2.38 bits per heavy atom. The summed E-state index contributed by atoms with van der Waals surface area (Å²) < 4.78 is 5.06. The minimum atomic E-state index is -1.24. The number of carboxylic acid groups (broad SMARTS) is 1. The van der Waals surface area contributed by atoms with Crippen molar-refractivity contribution in [3.8, 4) is 0 Å². The number of hydrogen-bond acceptors (Lipinski definition) is 5. The van der Waals surface area contributed by atoms with Crippen molar-refractivity contribution in [2.24, 2.45) is 5.16 Å². The molecule has 2 aromatic carbocycles. The van der Waals surface area contributed by atoms with Gasteiger partial charge in [0.2, 0.25) is 6.61 Å². The predicted octanol–water partition coefficient (Wildman–Crippen LogP) is 2.99. The van der Waals surface area contributed by atoms with Gasteiger partial charge in [0, 0.05) is 5.56 Å². The summed E-state index contributed by atoms with van der Waals surface area (Å²) in [6.07, 6.45) is 0. The number of ether oxygens (including phenoxy) is 1. The summed E-state index contributed by atoms with van der Waals surface area (Å²) in [6.45, 7) is 4.73. The molecule has 0 amide bonds. The van der Waals surface area contributed by atoms with Gasteiger partial charge < -0.3 is 14.7 Å². The fourth-order valence-electron chi connectivity index (χ4n) is 2.07. The van der Waals surface area contributed by atoms with Crippen LogP contribution in [0.4, 0.5) is 0 Å². The molecule has 6 heteroatoms. The van der Waals surface area contributed by atoms with Crippen LogP contribution < -0.4 is 0 Å². The van der Waals surface area contributed by atoms with Gasteiger partial charge in [-0.3, -0.25) is 0 Å². The smallest absolute Gasteiger partial charge is 0.358 e. The molecule has 0 bridgehead atoms. The van der Waals surface area contributed by atoms with Crippen molar-refractivity contribution in [1.29, 1.82) is 0 Å². The second kappa shape index (κ2) is 7.12. The molecular formula is C18H19NO5. The van der Waals surface area contributed by atoms with Crippen LogP contribution in [0.2, 0.25) is 0 Å². The van der Waals surface area contributed by atoms with Crippen LogP contribution >= 0.6 is 0 Å². The second-order valence-electron chi connectivity index (χ2n) is 6.17. The molecule has 0 radical (unpaired) electrons. The molecule has 0 aliphatic carbocycles. The molecule has 0 fully saturated rings. The molecule has 24 heavy (non-hydrogen) atoms. The van der Waals surface area contributed by atoms with Gasteiger partial charge in [0.1, 0.15) is 5.60 Å². The van der Waals surface area contributed by atoms with E-state index in [1.54, 1.807) is 39.0 Å². The Kier molecular flexibility index (Phi) is 5.18. The molecule has 2 aromatic rings. The molecule has 126 valence electrons. The number of benzene rings is 2. The highest BCUT2D eigenvalue weighted by Gasteiger charge is 2.18. The molecule has 0 spiro atoms. The number of aliphatic carboxylic acids is 1. The molecule has 0 aliphatic rings. The summed E-state index contributed by atoms with van der Waals surface area (Å²) in [5, 5.41) is 14.8. The van der Waals surface area contributed by atoms with E-state index in [0.717, 1.165) is 10.8 Å². The van der Waals surface area contributed by atoms with Crippen molar-refractivity contribution in [1.82, 2.24) is 0 Å². The van der Waals surface area contributed by atoms with Crippen molar-refractivity contribution in [2.75, 3.05) is 6.61 Å². The van der Waals surface area contributed by atoms with Gasteiger partial charge in [-0.2, -0.15) is 0 Å². The first-order valence-corrected chi connectivity index (χ1v) is 7.40. The van der Waals surface area contributed by atoms with Gasteiger partial charge in [0.25, 0.3) is 0 Å². The molecule has 0 heterocycles. The third-order valence-corrected chi connectivity index (χ3v) is 2.98. The maximum absolute atomic E-state index is 11.6. The molecule has 1 N–H and O–H groups in total. The number of fused-ring (bicyclic) bond motifs is 1. The number of rotatable bonds is 5. The van der Waals surface area contributed by atoms with Crippen LogP contribution in [0.1, 0.15) is 26.3 Å². The summed E-state index contributed by atoms with van der Waals surface area (Å²) in [4.78, 5) is 27.8. The zero-order valence-electron chi connectivity index (χ0n) is 13.8. The Hall–Kier alpha value is -2.89. The van der Waals surface area contributed by atoms with Crippen LogP contribution in [0.25, 0.3) is 10.8 Å². The number of nitrogens with zero attached hydrogens (tertiary/aromatic N) is 1. The summed E-state index contributed by atoms with van der Waals surface area (Å²) in [7, 11) is 0. The highest BCUT2D eigenvalue weighted by atomic mass is 16.7. The number of oxime groups is 1. The Morgan fingerprint density at radius 1 is 1.08 bits per heavy atom. The predicted molar refractivity (Wildman–Crippen MR) is 89.9 cm³/mol. The molecule has 0 unspecified atom stereocenters. The Labute approximate surface area is 139 Å². The third-order valence-electron chi connectivity index (χ3n) is 2.98. The zero-order valence-corrected chi connectivity index (χ0v) is 13.8. The van der Waals surface area contributed by atoms with E-state index in [4.69, 9.17) is 9.57 Å². The lowest BCUT2D eigenvalue weighted by molar-refractivity contribution is -0.160. The highest BCUT2D eigenvalue weighted by Crippen LogP contribution is 2.16. The van der Waals surface area contributed by atoms with E-state index < -0.39 is 24.1 Å². The summed E-state index contributed by atoms with van der Waals surface area (Å²) in [6, 6.07) is 12.7. The number of carbonyl (C=O) groups excluding carboxylic acids is 1. The minimum absolute atomic E-state index is 0.274. The van der Waals surface area contributed by atoms with E-state index in [0.29, 0.717) is 5.56 Å². The molecule has 0 aliphatic heterocycles. The van der Waals surface area contributed by atoms with Gasteiger partial charge in [0.15, 0.2) is 5.71 Å². The van der Waals surface area contributed by atoms with E-state index in [1.807, 2.05) is 24.3 Å². The number of hydrogen-bond donors (Lipinski definition) is 1. The third kappa shape index (κ3) is 4.81. The average molecular weight is 329 g/mol. The van der Waals surface area contributed by atoms with Crippen molar-refractivity contribution in [3.05, 3.63) is 48.0 Å². The maximum Gasteiger partial charge on any atom is 0.358 e. The van der Waals surface area contributed by atoms with Crippen LogP contribution in [-0.2, 0) is 19.2 Å². The molecule has 0 saturated carbocycles. The van der Waals surface area contributed by atoms with Crippen LogP contribution in [0.5, 0.6) is 0 Å². The molecule has 2 rings (SSSR count). The fourth-order valence-corrected chi connectivity index (χ4v) is 2.07. The Morgan fingerprint density at radius 2 is 1.75 bits per heavy atom. The van der Waals surface area contributed by atoms with Crippen molar-refractivity contribution in [2.45, 2.75) is 26.4 Å². The van der Waals surface area contributed by atoms with Crippen molar-refractivity contribution < 1.29 is 24.3 Å². The van der Waals surface area contributed by atoms with E-state index in [9.17, 15) is 14.7 Å². The number of carbonyl (C=O) groups is 2. The lowest BCUT2D eigenvalue weighted by Crippen LogP contribution is -2.26. The van der Waals surface area contributed by atoms with Gasteiger partial charge in [-0.05, 0) is 37.6 Å². The van der Waals surface area contributed by atoms with E-state index in [1.165, 1.54) is 0 Å². The van der Waals surface area contributed by atoms with Gasteiger partial charge in [0.05, 0.1) is 0 Å². The lowest BCUT2D eigenvalue weighted by Gasteiger charge is -2.18. The molecule has 0 saturated heterocycles. The summed E-state index contributed by atoms with van der Waals surface area (Å²) in [5.41, 5.74) is -0.521. The average Bonchev–Trinajstić information content (AvgIpc) is 2.49. The van der Waals surface area contributed by atoms with Gasteiger partial charge in [-0.1, -0.05) is 41.6 Å². The van der Waals surface area contributed by atoms with Crippen molar-refractivity contribution in [3.63, 3.8) is 0 Å². The topological polar surface area (TPSA) is 85.2 Å². The van der Waals surface area contributed by atoms with Crippen LogP contribution in [0, 0.1) is 0 Å². The highest BCUT2D eigenvalue weighted by molar-refractivity contribution is 6.42. The van der Waals surface area contributed by atoms with Crippen molar-refractivity contribution >= 4 is 28.4 Å². The molecule has 0 atom stereocenters. The van der Waals surface area contributed by atoms with E-state index in [-0.39, 0.29) is 5.71 Å². The zero-order chi connectivity index (χ0) is 17.7. The van der Waals surface area contributed by atoms with E-state index >= 15 is 0 Å². The standard InChI is InChI=1S/C18H19NO5/c1-18(2,3)24-15(20)11-23-19-16(17(21)22)14-9-8-12-6-4-5-7-13(12)10-14/h4-10H,11H2,1-3H3,(H,21,22)/b19-16-. The SMILES string of the molecule is CC(C)(C)OC(=O)CO/N=C(\C(=O)O)c1ccc2ccccc2c1. The maximum atomic E-state index is 11.6. The van der Waals surface area contributed by atoms with Crippen LogP contribution in [0.15, 0.2) is 47.6 Å². The van der Waals surface area contributed by atoms with Gasteiger partial charge in [-0.25, -0.2) is 9.59 Å². The summed E-state index contributed by atoms with van der Waals surface area (Å²) in [5.74, 6) is -1.86. The first kappa shape index (κ1) is 17.5. The fraction of sp³-hybridized carbons (Fsp3) is 0.278. The Balaban J connectivity index is 2.16. The van der Waals surface area contributed by atoms with Crippen LogP contribution in [-0.4, -0.2) is 35.0 Å². The normalized spacial score (nSPS) is 12.0. The van der Waals surface area contributed by atoms with Gasteiger partial charge >= 0.3 is 11.9 Å². The quantitative estimate of drug-likeness (QED) is 0.518. The number of esters is 1. The second-order valence-corrected chi connectivity index (χ2v) is 6.17. The lowest BCUT2D eigenvalue weighted by atomic mass is 10.0. The first-order chi connectivity index (χ1) is 11.3.